The average molecular weight is 247 g/mol. The molecule has 1 fully saturated rings. The van der Waals surface area contributed by atoms with Crippen molar-refractivity contribution in [2.75, 3.05) is 39.1 Å². The van der Waals surface area contributed by atoms with E-state index in [9.17, 15) is 4.79 Å². The van der Waals surface area contributed by atoms with Gasteiger partial charge in [0.15, 0.2) is 0 Å². The Morgan fingerprint density at radius 3 is 2.50 bits per heavy atom. The zero-order valence-corrected chi connectivity index (χ0v) is 11.3. The largest absolute Gasteiger partial charge is 0.378 e. The minimum atomic E-state index is 0.0283. The lowest BCUT2D eigenvalue weighted by molar-refractivity contribution is 0.0938. The van der Waals surface area contributed by atoms with Crippen LogP contribution in [0.15, 0.2) is 24.3 Å². The van der Waals surface area contributed by atoms with Crippen molar-refractivity contribution >= 4 is 11.6 Å². The maximum Gasteiger partial charge on any atom is 0.251 e. The van der Waals surface area contributed by atoms with Gasteiger partial charge in [-0.25, -0.2) is 0 Å². The van der Waals surface area contributed by atoms with Crippen LogP contribution in [0.25, 0.3) is 0 Å². The van der Waals surface area contributed by atoms with E-state index in [1.54, 1.807) is 0 Å². The minimum absolute atomic E-state index is 0.0283. The highest BCUT2D eigenvalue weighted by atomic mass is 16.1. The third-order valence-corrected chi connectivity index (χ3v) is 3.37. The molecule has 4 heteroatoms. The van der Waals surface area contributed by atoms with E-state index in [-0.39, 0.29) is 11.9 Å². The van der Waals surface area contributed by atoms with E-state index in [1.165, 1.54) is 0 Å². The molecule has 1 unspecified atom stereocenters. The smallest absolute Gasteiger partial charge is 0.251 e. The number of nitrogens with zero attached hydrogens (tertiary/aromatic N) is 2. The number of amides is 1. The van der Waals surface area contributed by atoms with Crippen LogP contribution in [0.1, 0.15) is 16.8 Å². The van der Waals surface area contributed by atoms with E-state index in [4.69, 9.17) is 0 Å². The molecule has 1 aromatic rings. The lowest BCUT2D eigenvalue weighted by atomic mass is 10.1. The molecule has 1 saturated heterocycles. The van der Waals surface area contributed by atoms with Gasteiger partial charge in [0.05, 0.1) is 0 Å². The quantitative estimate of drug-likeness (QED) is 0.871. The zero-order chi connectivity index (χ0) is 13.1. The summed E-state index contributed by atoms with van der Waals surface area (Å²) in [7, 11) is 6.06. The van der Waals surface area contributed by atoms with Gasteiger partial charge in [-0.3, -0.25) is 4.79 Å². The molecule has 0 aromatic heterocycles. The van der Waals surface area contributed by atoms with Crippen molar-refractivity contribution in [3.63, 3.8) is 0 Å². The lowest BCUT2D eigenvalue weighted by Crippen LogP contribution is -2.36. The average Bonchev–Trinajstić information content (AvgIpc) is 2.75. The van der Waals surface area contributed by atoms with Crippen molar-refractivity contribution in [1.82, 2.24) is 10.2 Å². The molecule has 18 heavy (non-hydrogen) atoms. The fourth-order valence-electron chi connectivity index (χ4n) is 2.23. The lowest BCUT2D eigenvalue weighted by Gasteiger charge is -2.15. The van der Waals surface area contributed by atoms with E-state index in [0.717, 1.165) is 30.8 Å². The molecular formula is C14H21N3O. The second-order valence-corrected chi connectivity index (χ2v) is 5.16. The molecule has 1 aliphatic rings. The third-order valence-electron chi connectivity index (χ3n) is 3.37. The summed E-state index contributed by atoms with van der Waals surface area (Å²) in [4.78, 5) is 16.3. The van der Waals surface area contributed by atoms with Crippen LogP contribution in [0.5, 0.6) is 0 Å². The monoisotopic (exact) mass is 247 g/mol. The van der Waals surface area contributed by atoms with Crippen LogP contribution < -0.4 is 10.2 Å². The first-order chi connectivity index (χ1) is 8.56. The molecule has 0 saturated carbocycles. The molecule has 1 amide bonds. The molecule has 1 atom stereocenters. The Bertz CT molecular complexity index is 414. The first kappa shape index (κ1) is 12.9. The van der Waals surface area contributed by atoms with Gasteiger partial charge >= 0.3 is 0 Å². The summed E-state index contributed by atoms with van der Waals surface area (Å²) in [6.07, 6.45) is 1.04. The van der Waals surface area contributed by atoms with Gasteiger partial charge in [-0.2, -0.15) is 0 Å². The molecule has 0 radical (unpaired) electrons. The molecule has 0 aliphatic carbocycles. The first-order valence-corrected chi connectivity index (χ1v) is 6.33. The van der Waals surface area contributed by atoms with Crippen molar-refractivity contribution < 1.29 is 4.79 Å². The molecular weight excluding hydrogens is 226 g/mol. The van der Waals surface area contributed by atoms with Crippen LogP contribution in [0, 0.1) is 0 Å². The summed E-state index contributed by atoms with van der Waals surface area (Å²) in [6.45, 7) is 2.01. The van der Waals surface area contributed by atoms with Gasteiger partial charge in [-0.1, -0.05) is 0 Å². The Morgan fingerprint density at radius 1 is 1.33 bits per heavy atom. The number of likely N-dealkylation sites (N-methyl/N-ethyl adjacent to an activating group) is 1. The van der Waals surface area contributed by atoms with Gasteiger partial charge in [-0.05, 0) is 44.3 Å². The van der Waals surface area contributed by atoms with E-state index < -0.39 is 0 Å². The highest BCUT2D eigenvalue weighted by Crippen LogP contribution is 2.13. The van der Waals surface area contributed by atoms with Crippen LogP contribution in [0.2, 0.25) is 0 Å². The van der Waals surface area contributed by atoms with E-state index >= 15 is 0 Å². The molecule has 2 rings (SSSR count). The number of nitrogens with one attached hydrogen (secondary N) is 1. The number of carbonyl (C=O) groups is 1. The van der Waals surface area contributed by atoms with Gasteiger partial charge in [0.25, 0.3) is 5.91 Å². The summed E-state index contributed by atoms with van der Waals surface area (Å²) in [6, 6.07) is 7.98. The Labute approximate surface area is 109 Å². The predicted octanol–water partition coefficient (Wildman–Crippen LogP) is 1.19. The SMILES string of the molecule is CN1CCC(NC(=O)c2ccc(N(C)C)cc2)C1. The normalized spacial score (nSPS) is 19.8. The van der Waals surface area contributed by atoms with Crippen LogP contribution in [0.4, 0.5) is 5.69 Å². The van der Waals surface area contributed by atoms with Crippen LogP contribution in [-0.2, 0) is 0 Å². The molecule has 98 valence electrons. The molecule has 1 heterocycles. The Kier molecular flexibility index (Phi) is 3.87. The molecule has 1 N–H and O–H groups in total. The summed E-state index contributed by atoms with van der Waals surface area (Å²) in [5.41, 5.74) is 1.84. The second-order valence-electron chi connectivity index (χ2n) is 5.16. The number of hydrogen-bond acceptors (Lipinski definition) is 3. The zero-order valence-electron chi connectivity index (χ0n) is 11.3. The molecule has 4 nitrogen and oxygen atoms in total. The Balaban J connectivity index is 1.96. The van der Waals surface area contributed by atoms with Gasteiger partial charge in [-0.15, -0.1) is 0 Å². The topological polar surface area (TPSA) is 35.6 Å². The number of anilines is 1. The summed E-state index contributed by atoms with van der Waals surface area (Å²) in [5, 5.41) is 3.08. The van der Waals surface area contributed by atoms with Crippen molar-refractivity contribution in [3.8, 4) is 0 Å². The van der Waals surface area contributed by atoms with Crippen LogP contribution in [-0.4, -0.2) is 51.1 Å². The van der Waals surface area contributed by atoms with Crippen LogP contribution in [0.3, 0.4) is 0 Å². The fourth-order valence-corrected chi connectivity index (χ4v) is 2.23. The van der Waals surface area contributed by atoms with Gasteiger partial charge < -0.3 is 15.1 Å². The number of carbonyl (C=O) groups excluding carboxylic acids is 1. The van der Waals surface area contributed by atoms with Gasteiger partial charge in [0.2, 0.25) is 0 Å². The van der Waals surface area contributed by atoms with Crippen molar-refractivity contribution in [1.29, 1.82) is 0 Å². The van der Waals surface area contributed by atoms with E-state index in [1.807, 2.05) is 43.3 Å². The highest BCUT2D eigenvalue weighted by Gasteiger charge is 2.21. The molecule has 0 bridgehead atoms. The molecule has 1 aliphatic heterocycles. The second kappa shape index (κ2) is 5.40. The highest BCUT2D eigenvalue weighted by molar-refractivity contribution is 5.94. The number of hydrogen-bond donors (Lipinski definition) is 1. The third kappa shape index (κ3) is 3.01. The van der Waals surface area contributed by atoms with Gasteiger partial charge in [0.1, 0.15) is 0 Å². The van der Waals surface area contributed by atoms with Crippen molar-refractivity contribution in [2.45, 2.75) is 12.5 Å². The van der Waals surface area contributed by atoms with E-state index in [0.29, 0.717) is 0 Å². The maximum absolute atomic E-state index is 12.0. The summed E-state index contributed by atoms with van der Waals surface area (Å²) < 4.78 is 0. The minimum Gasteiger partial charge on any atom is -0.378 e. The van der Waals surface area contributed by atoms with Crippen LogP contribution >= 0.6 is 0 Å². The molecule has 1 aromatic carbocycles. The number of benzene rings is 1. The number of rotatable bonds is 3. The standard InChI is InChI=1S/C14H21N3O/c1-16(2)13-6-4-11(5-7-13)14(18)15-12-8-9-17(3)10-12/h4-7,12H,8-10H2,1-3H3,(H,15,18). The Morgan fingerprint density at radius 2 is 2.00 bits per heavy atom. The van der Waals surface area contributed by atoms with E-state index in [2.05, 4.69) is 17.3 Å². The fraction of sp³-hybridized carbons (Fsp3) is 0.500. The van der Waals surface area contributed by atoms with Gasteiger partial charge in [0, 0.05) is 37.9 Å². The Hall–Kier alpha value is -1.55. The van der Waals surface area contributed by atoms with Crippen molar-refractivity contribution in [3.05, 3.63) is 29.8 Å². The summed E-state index contributed by atoms with van der Waals surface area (Å²) in [5.74, 6) is 0.0283. The predicted molar refractivity (Wildman–Crippen MR) is 74.1 cm³/mol. The maximum atomic E-state index is 12.0. The number of likely N-dealkylation sites (tertiary alicyclic amines) is 1. The van der Waals surface area contributed by atoms with Crippen molar-refractivity contribution in [2.24, 2.45) is 0 Å². The molecule has 0 spiro atoms. The summed E-state index contributed by atoms with van der Waals surface area (Å²) >= 11 is 0. The first-order valence-electron chi connectivity index (χ1n) is 6.33.